The molecule has 0 radical (unpaired) electrons. The molecule has 0 aliphatic carbocycles. The Morgan fingerprint density at radius 2 is 1.92 bits per heavy atom. The van der Waals surface area contributed by atoms with E-state index < -0.39 is 0 Å². The van der Waals surface area contributed by atoms with Crippen molar-refractivity contribution in [3.8, 4) is 0 Å². The number of pyridine rings is 1. The molecule has 2 N–H and O–H groups in total. The average Bonchev–Trinajstić information content (AvgIpc) is 3.02. The van der Waals surface area contributed by atoms with Crippen LogP contribution in [0.3, 0.4) is 0 Å². The van der Waals surface area contributed by atoms with Gasteiger partial charge in [-0.3, -0.25) is 4.79 Å². The zero-order chi connectivity index (χ0) is 18.5. The number of aromatic nitrogens is 2. The summed E-state index contributed by atoms with van der Waals surface area (Å²) in [6.07, 6.45) is 4.49. The molecule has 0 fully saturated rings. The van der Waals surface area contributed by atoms with Gasteiger partial charge in [-0.1, -0.05) is 53.5 Å². The Bertz CT molecular complexity index is 895. The molecule has 3 rings (SSSR count). The molecule has 0 atom stereocenters. The van der Waals surface area contributed by atoms with Gasteiger partial charge in [-0.25, -0.2) is 4.98 Å². The predicted octanol–water partition coefficient (Wildman–Crippen LogP) is 3.21. The third-order valence-electron chi connectivity index (χ3n) is 4.12. The third kappa shape index (κ3) is 4.55. The van der Waals surface area contributed by atoms with E-state index in [1.807, 2.05) is 18.2 Å². The number of halogens is 2. The van der Waals surface area contributed by atoms with Crippen molar-refractivity contribution in [2.75, 3.05) is 19.6 Å². The number of amides is 1. The Balaban J connectivity index is 1.70. The van der Waals surface area contributed by atoms with Gasteiger partial charge in [0.15, 0.2) is 5.65 Å². The first kappa shape index (κ1) is 18.7. The quantitative estimate of drug-likeness (QED) is 0.673. The van der Waals surface area contributed by atoms with Gasteiger partial charge in [-0.15, -0.1) is 0 Å². The number of nitrogens with two attached hydrogens (primary N) is 1. The lowest BCUT2D eigenvalue weighted by Crippen LogP contribution is -2.37. The summed E-state index contributed by atoms with van der Waals surface area (Å²) in [5.74, 6) is -0.00277. The molecule has 1 amide bonds. The molecule has 136 valence electrons. The minimum atomic E-state index is -0.00277. The number of nitrogens with zero attached hydrogens (tertiary/aromatic N) is 3. The summed E-state index contributed by atoms with van der Waals surface area (Å²) in [6, 6.07) is 11.7. The fraction of sp³-hybridized carbons (Fsp3) is 0.263. The lowest BCUT2D eigenvalue weighted by molar-refractivity contribution is -0.130. The van der Waals surface area contributed by atoms with Crippen LogP contribution < -0.4 is 5.73 Å². The van der Waals surface area contributed by atoms with Crippen LogP contribution in [-0.4, -0.2) is 39.8 Å². The van der Waals surface area contributed by atoms with Crippen LogP contribution in [0, 0.1) is 0 Å². The van der Waals surface area contributed by atoms with Crippen LogP contribution in [0.15, 0.2) is 48.8 Å². The molecular formula is C19H20Cl2N4O. The fourth-order valence-electron chi connectivity index (χ4n) is 2.85. The first-order chi connectivity index (χ1) is 12.6. The first-order valence-electron chi connectivity index (χ1n) is 8.41. The van der Waals surface area contributed by atoms with Crippen LogP contribution >= 0.6 is 23.2 Å². The molecular weight excluding hydrogens is 371 g/mol. The summed E-state index contributed by atoms with van der Waals surface area (Å²) in [5.41, 5.74) is 8.12. The number of benzene rings is 1. The largest absolute Gasteiger partial charge is 0.341 e. The lowest BCUT2D eigenvalue weighted by atomic mass is 10.1. The van der Waals surface area contributed by atoms with E-state index in [2.05, 4.69) is 17.1 Å². The molecule has 5 nitrogen and oxygen atoms in total. The van der Waals surface area contributed by atoms with Gasteiger partial charge in [0.1, 0.15) is 0 Å². The number of carbonyl (C=O) groups excluding carboxylic acids is 1. The van der Waals surface area contributed by atoms with Gasteiger partial charge in [-0.05, 0) is 18.1 Å². The van der Waals surface area contributed by atoms with Crippen molar-refractivity contribution in [3.63, 3.8) is 0 Å². The summed E-state index contributed by atoms with van der Waals surface area (Å²) < 4.78 is 1.74. The summed E-state index contributed by atoms with van der Waals surface area (Å²) >= 11 is 12.2. The van der Waals surface area contributed by atoms with Crippen molar-refractivity contribution in [1.82, 2.24) is 14.3 Å². The highest BCUT2D eigenvalue weighted by Crippen LogP contribution is 2.22. The number of carbonyl (C=O) groups is 1. The van der Waals surface area contributed by atoms with Crippen LogP contribution in [0.4, 0.5) is 0 Å². The maximum atomic E-state index is 12.7. The van der Waals surface area contributed by atoms with Crippen molar-refractivity contribution in [3.05, 3.63) is 70.1 Å². The number of hydrogen-bond acceptors (Lipinski definition) is 3. The Labute approximate surface area is 162 Å². The topological polar surface area (TPSA) is 63.6 Å². The third-order valence-corrected chi connectivity index (χ3v) is 4.60. The summed E-state index contributed by atoms with van der Waals surface area (Å²) in [5, 5.41) is 0.976. The van der Waals surface area contributed by atoms with Crippen LogP contribution in [0.2, 0.25) is 10.0 Å². The molecule has 0 aliphatic rings. The monoisotopic (exact) mass is 390 g/mol. The maximum Gasteiger partial charge on any atom is 0.228 e. The second-order valence-corrected chi connectivity index (χ2v) is 6.89. The summed E-state index contributed by atoms with van der Waals surface area (Å²) in [4.78, 5) is 18.9. The number of imidazole rings is 1. The minimum absolute atomic E-state index is 0.00277. The van der Waals surface area contributed by atoms with E-state index in [1.165, 1.54) is 5.56 Å². The Morgan fingerprint density at radius 1 is 1.15 bits per heavy atom. The Morgan fingerprint density at radius 3 is 2.65 bits per heavy atom. The van der Waals surface area contributed by atoms with Crippen LogP contribution in [0.1, 0.15) is 11.3 Å². The highest BCUT2D eigenvalue weighted by Gasteiger charge is 2.16. The molecule has 0 spiro atoms. The second-order valence-electron chi connectivity index (χ2n) is 6.05. The van der Waals surface area contributed by atoms with Gasteiger partial charge < -0.3 is 15.0 Å². The molecule has 7 heteroatoms. The molecule has 3 aromatic rings. The molecule has 0 saturated heterocycles. The second kappa shape index (κ2) is 8.54. The molecule has 2 heterocycles. The van der Waals surface area contributed by atoms with Gasteiger partial charge in [0, 0.05) is 32.0 Å². The summed E-state index contributed by atoms with van der Waals surface area (Å²) in [7, 11) is 0. The number of fused-ring (bicyclic) bond motifs is 1. The minimum Gasteiger partial charge on any atom is -0.341 e. The first-order valence-corrected chi connectivity index (χ1v) is 9.17. The van der Waals surface area contributed by atoms with Gasteiger partial charge in [-0.2, -0.15) is 0 Å². The summed E-state index contributed by atoms with van der Waals surface area (Å²) in [6.45, 7) is 1.57. The van der Waals surface area contributed by atoms with E-state index in [0.29, 0.717) is 41.0 Å². The maximum absolute atomic E-state index is 12.7. The van der Waals surface area contributed by atoms with E-state index >= 15 is 0 Å². The molecule has 0 unspecified atom stereocenters. The smallest absolute Gasteiger partial charge is 0.228 e. The Kier molecular flexibility index (Phi) is 6.14. The molecule has 0 aliphatic heterocycles. The standard InChI is InChI=1S/C19H20Cl2N4O/c20-15-10-17(21)19-23-16(13-25(19)12-15)11-18(26)24(9-7-22)8-6-14-4-2-1-3-5-14/h1-5,10,12-13H,6-9,11,22H2. The van der Waals surface area contributed by atoms with Crippen molar-refractivity contribution >= 4 is 34.8 Å². The molecule has 26 heavy (non-hydrogen) atoms. The van der Waals surface area contributed by atoms with Crippen LogP contribution in [0.25, 0.3) is 5.65 Å². The predicted molar refractivity (Wildman–Crippen MR) is 105 cm³/mol. The van der Waals surface area contributed by atoms with Gasteiger partial charge in [0.05, 0.1) is 22.2 Å². The van der Waals surface area contributed by atoms with Crippen molar-refractivity contribution in [2.24, 2.45) is 5.73 Å². The highest BCUT2D eigenvalue weighted by atomic mass is 35.5. The van der Waals surface area contributed by atoms with Gasteiger partial charge >= 0.3 is 0 Å². The number of hydrogen-bond donors (Lipinski definition) is 1. The van der Waals surface area contributed by atoms with Gasteiger partial charge in [0.25, 0.3) is 0 Å². The van der Waals surface area contributed by atoms with Crippen molar-refractivity contribution < 1.29 is 4.79 Å². The van der Waals surface area contributed by atoms with E-state index in [0.717, 1.165) is 6.42 Å². The zero-order valence-corrected chi connectivity index (χ0v) is 15.7. The van der Waals surface area contributed by atoms with E-state index in [-0.39, 0.29) is 12.3 Å². The molecule has 1 aromatic carbocycles. The Hall–Kier alpha value is -2.08. The van der Waals surface area contributed by atoms with Gasteiger partial charge in [0.2, 0.25) is 5.91 Å². The molecule has 0 saturated carbocycles. The molecule has 0 bridgehead atoms. The molecule has 2 aromatic heterocycles. The van der Waals surface area contributed by atoms with E-state index in [9.17, 15) is 4.79 Å². The number of rotatable bonds is 7. The SMILES string of the molecule is NCCN(CCc1ccccc1)C(=O)Cc1cn2cc(Cl)cc(Cl)c2n1. The normalized spacial score (nSPS) is 11.0. The van der Waals surface area contributed by atoms with E-state index in [1.54, 1.807) is 27.8 Å². The van der Waals surface area contributed by atoms with Crippen LogP contribution in [-0.2, 0) is 17.6 Å². The fourth-order valence-corrected chi connectivity index (χ4v) is 3.38. The highest BCUT2D eigenvalue weighted by molar-refractivity contribution is 6.36. The van der Waals surface area contributed by atoms with E-state index in [4.69, 9.17) is 28.9 Å². The average molecular weight is 391 g/mol. The lowest BCUT2D eigenvalue weighted by Gasteiger charge is -2.21. The van der Waals surface area contributed by atoms with Crippen molar-refractivity contribution in [1.29, 1.82) is 0 Å². The van der Waals surface area contributed by atoms with Crippen molar-refractivity contribution in [2.45, 2.75) is 12.8 Å². The zero-order valence-electron chi connectivity index (χ0n) is 14.2. The van der Waals surface area contributed by atoms with Crippen LogP contribution in [0.5, 0.6) is 0 Å².